The van der Waals surface area contributed by atoms with E-state index in [4.69, 9.17) is 8.83 Å². The van der Waals surface area contributed by atoms with Gasteiger partial charge in [0, 0.05) is 6.54 Å². The van der Waals surface area contributed by atoms with Gasteiger partial charge in [-0.25, -0.2) is 0 Å². The molecule has 3 aromatic heterocycles. The molecule has 0 saturated carbocycles. The number of anilines is 1. The van der Waals surface area contributed by atoms with Crippen LogP contribution in [-0.4, -0.2) is 32.3 Å². The first-order chi connectivity index (χ1) is 15.7. The smallest absolute Gasteiger partial charge is 0.253 e. The van der Waals surface area contributed by atoms with E-state index in [2.05, 4.69) is 20.8 Å². The predicted molar refractivity (Wildman–Crippen MR) is 119 cm³/mol. The number of furan rings is 2. The molecular formula is C22H21N5O4S. The topological polar surface area (TPSA) is 115 Å². The van der Waals surface area contributed by atoms with Gasteiger partial charge in [-0.3, -0.25) is 14.2 Å². The van der Waals surface area contributed by atoms with Crippen molar-refractivity contribution >= 4 is 29.3 Å². The Kier molecular flexibility index (Phi) is 6.71. The van der Waals surface area contributed by atoms with Crippen molar-refractivity contribution in [3.63, 3.8) is 0 Å². The van der Waals surface area contributed by atoms with Gasteiger partial charge in [-0.1, -0.05) is 23.9 Å². The Morgan fingerprint density at radius 1 is 1.03 bits per heavy atom. The number of carbonyl (C=O) groups is 2. The first kappa shape index (κ1) is 21.4. The second-order valence-electron chi connectivity index (χ2n) is 6.67. The maximum atomic E-state index is 12.6. The number of para-hydroxylation sites is 1. The lowest BCUT2D eigenvalue weighted by molar-refractivity contribution is -0.113. The molecule has 0 unspecified atom stereocenters. The number of aromatic nitrogens is 3. The fraction of sp³-hybridized carbons (Fsp3) is 0.182. The average Bonchev–Trinajstić information content (AvgIpc) is 3.58. The number of nitrogens with zero attached hydrogens (tertiary/aromatic N) is 3. The summed E-state index contributed by atoms with van der Waals surface area (Å²) in [6.07, 6.45) is 3.12. The van der Waals surface area contributed by atoms with Crippen molar-refractivity contribution < 1.29 is 18.4 Å². The summed E-state index contributed by atoms with van der Waals surface area (Å²) in [5.41, 5.74) is 0.803. The SMILES string of the molecule is CCn1c(SCC(=O)Nc2ccccc2C(=O)NCc2ccco2)nnc1-c1ccco1. The molecule has 0 fully saturated rings. The van der Waals surface area contributed by atoms with Crippen molar-refractivity contribution in [1.82, 2.24) is 20.1 Å². The van der Waals surface area contributed by atoms with Gasteiger partial charge >= 0.3 is 0 Å². The van der Waals surface area contributed by atoms with Crippen LogP contribution >= 0.6 is 11.8 Å². The summed E-state index contributed by atoms with van der Waals surface area (Å²) < 4.78 is 12.5. The van der Waals surface area contributed by atoms with E-state index in [0.29, 0.717) is 40.3 Å². The highest BCUT2D eigenvalue weighted by Crippen LogP contribution is 2.24. The molecule has 0 spiro atoms. The van der Waals surface area contributed by atoms with E-state index in [1.807, 2.05) is 17.6 Å². The highest BCUT2D eigenvalue weighted by Gasteiger charge is 2.17. The minimum Gasteiger partial charge on any atom is -0.467 e. The quantitative estimate of drug-likeness (QED) is 0.372. The van der Waals surface area contributed by atoms with E-state index in [9.17, 15) is 9.59 Å². The summed E-state index contributed by atoms with van der Waals surface area (Å²) in [5.74, 6) is 1.41. The van der Waals surface area contributed by atoms with Gasteiger partial charge in [0.2, 0.25) is 5.91 Å². The second-order valence-corrected chi connectivity index (χ2v) is 7.61. The third-order valence-electron chi connectivity index (χ3n) is 4.56. The zero-order chi connectivity index (χ0) is 22.3. The van der Waals surface area contributed by atoms with Crippen molar-refractivity contribution in [3.05, 3.63) is 72.4 Å². The minimum atomic E-state index is -0.307. The minimum absolute atomic E-state index is 0.110. The van der Waals surface area contributed by atoms with E-state index in [1.54, 1.807) is 55.0 Å². The maximum absolute atomic E-state index is 12.6. The predicted octanol–water partition coefficient (Wildman–Crippen LogP) is 3.81. The fourth-order valence-corrected chi connectivity index (χ4v) is 3.85. The Bertz CT molecular complexity index is 1190. The molecule has 0 aliphatic heterocycles. The van der Waals surface area contributed by atoms with Crippen LogP contribution in [0.3, 0.4) is 0 Å². The van der Waals surface area contributed by atoms with Crippen molar-refractivity contribution in [2.75, 3.05) is 11.1 Å². The highest BCUT2D eigenvalue weighted by atomic mass is 32.2. The van der Waals surface area contributed by atoms with Crippen LogP contribution < -0.4 is 10.6 Å². The Labute approximate surface area is 188 Å². The molecule has 164 valence electrons. The lowest BCUT2D eigenvalue weighted by atomic mass is 10.1. The van der Waals surface area contributed by atoms with Crippen LogP contribution in [0.15, 0.2) is 75.0 Å². The van der Waals surface area contributed by atoms with Crippen LogP contribution in [0.4, 0.5) is 5.69 Å². The Morgan fingerprint density at radius 2 is 1.84 bits per heavy atom. The van der Waals surface area contributed by atoms with E-state index in [1.165, 1.54) is 11.8 Å². The summed E-state index contributed by atoms with van der Waals surface area (Å²) in [4.78, 5) is 25.2. The van der Waals surface area contributed by atoms with Crippen molar-refractivity contribution in [2.24, 2.45) is 0 Å². The first-order valence-corrected chi connectivity index (χ1v) is 10.9. The molecule has 0 atom stereocenters. The maximum Gasteiger partial charge on any atom is 0.253 e. The number of hydrogen-bond acceptors (Lipinski definition) is 7. The molecular weight excluding hydrogens is 430 g/mol. The molecule has 0 radical (unpaired) electrons. The Hall–Kier alpha value is -3.79. The zero-order valence-corrected chi connectivity index (χ0v) is 18.1. The molecule has 1 aromatic carbocycles. The molecule has 2 amide bonds. The molecule has 3 heterocycles. The van der Waals surface area contributed by atoms with Crippen LogP contribution in [0.2, 0.25) is 0 Å². The van der Waals surface area contributed by atoms with Gasteiger partial charge in [-0.15, -0.1) is 10.2 Å². The largest absolute Gasteiger partial charge is 0.467 e. The summed E-state index contributed by atoms with van der Waals surface area (Å²) in [7, 11) is 0. The number of nitrogens with one attached hydrogen (secondary N) is 2. The van der Waals surface area contributed by atoms with Gasteiger partial charge in [-0.05, 0) is 43.3 Å². The summed E-state index contributed by atoms with van der Waals surface area (Å²) in [6.45, 7) is 2.86. The molecule has 32 heavy (non-hydrogen) atoms. The molecule has 10 heteroatoms. The van der Waals surface area contributed by atoms with E-state index in [0.717, 1.165) is 0 Å². The number of carbonyl (C=O) groups excluding carboxylic acids is 2. The number of benzene rings is 1. The van der Waals surface area contributed by atoms with E-state index in [-0.39, 0.29) is 24.1 Å². The lowest BCUT2D eigenvalue weighted by Crippen LogP contribution is -2.25. The molecule has 0 aliphatic rings. The normalized spacial score (nSPS) is 10.8. The third kappa shape index (κ3) is 4.92. The fourth-order valence-electron chi connectivity index (χ4n) is 3.05. The van der Waals surface area contributed by atoms with Crippen LogP contribution in [-0.2, 0) is 17.9 Å². The Balaban J connectivity index is 1.38. The molecule has 4 aromatic rings. The number of hydrogen-bond donors (Lipinski definition) is 2. The molecule has 2 N–H and O–H groups in total. The van der Waals surface area contributed by atoms with Gasteiger partial charge in [0.1, 0.15) is 5.76 Å². The lowest BCUT2D eigenvalue weighted by Gasteiger charge is -2.11. The zero-order valence-electron chi connectivity index (χ0n) is 17.3. The van der Waals surface area contributed by atoms with Gasteiger partial charge in [0.25, 0.3) is 5.91 Å². The summed E-state index contributed by atoms with van der Waals surface area (Å²) >= 11 is 1.26. The molecule has 9 nitrogen and oxygen atoms in total. The van der Waals surface area contributed by atoms with Crippen LogP contribution in [0.5, 0.6) is 0 Å². The van der Waals surface area contributed by atoms with Crippen LogP contribution in [0, 0.1) is 0 Å². The van der Waals surface area contributed by atoms with Crippen molar-refractivity contribution in [3.8, 4) is 11.6 Å². The number of rotatable bonds is 9. The number of amides is 2. The van der Waals surface area contributed by atoms with Crippen LogP contribution in [0.1, 0.15) is 23.0 Å². The molecule has 0 saturated heterocycles. The van der Waals surface area contributed by atoms with E-state index < -0.39 is 0 Å². The van der Waals surface area contributed by atoms with Gasteiger partial charge < -0.3 is 19.5 Å². The molecule has 0 bridgehead atoms. The van der Waals surface area contributed by atoms with Crippen molar-refractivity contribution in [2.45, 2.75) is 25.2 Å². The average molecular weight is 452 g/mol. The summed E-state index contributed by atoms with van der Waals surface area (Å²) in [6, 6.07) is 14.0. The summed E-state index contributed by atoms with van der Waals surface area (Å²) in [5, 5.41) is 14.6. The second kappa shape index (κ2) is 10.0. The van der Waals surface area contributed by atoms with Gasteiger partial charge in [-0.2, -0.15) is 0 Å². The molecule has 4 rings (SSSR count). The third-order valence-corrected chi connectivity index (χ3v) is 5.52. The van der Waals surface area contributed by atoms with E-state index >= 15 is 0 Å². The van der Waals surface area contributed by atoms with Gasteiger partial charge in [0.05, 0.1) is 36.1 Å². The Morgan fingerprint density at radius 3 is 2.59 bits per heavy atom. The first-order valence-electron chi connectivity index (χ1n) is 9.95. The highest BCUT2D eigenvalue weighted by molar-refractivity contribution is 7.99. The molecule has 0 aliphatic carbocycles. The number of thioether (sulfide) groups is 1. The standard InChI is InChI=1S/C22H21N5O4S/c1-2-27-20(18-10-6-12-31-18)25-26-22(27)32-14-19(28)24-17-9-4-3-8-16(17)21(29)23-13-15-7-5-11-30-15/h3-12H,2,13-14H2,1H3,(H,23,29)(H,24,28). The van der Waals surface area contributed by atoms with Crippen molar-refractivity contribution in [1.29, 1.82) is 0 Å². The van der Waals surface area contributed by atoms with Crippen LogP contribution in [0.25, 0.3) is 11.6 Å². The monoisotopic (exact) mass is 451 g/mol. The van der Waals surface area contributed by atoms with Gasteiger partial charge in [0.15, 0.2) is 16.7 Å².